The number of unbranched alkanes of at least 4 members (excludes halogenated alkanes) is 2. The first-order valence-electron chi connectivity index (χ1n) is 5.47. The lowest BCUT2D eigenvalue weighted by Crippen LogP contribution is -1.80. The third-order valence-electron chi connectivity index (χ3n) is 2.72. The van der Waals surface area contributed by atoms with Gasteiger partial charge in [0, 0.05) is 0 Å². The molecule has 74 valence electrons. The summed E-state index contributed by atoms with van der Waals surface area (Å²) in [6, 6.07) is 8.79. The van der Waals surface area contributed by atoms with Crippen LogP contribution in [0.4, 0.5) is 0 Å². The third kappa shape index (κ3) is 2.01. The number of aryl methyl sites for hydroxylation is 1. The van der Waals surface area contributed by atoms with E-state index in [1.165, 1.54) is 36.5 Å². The lowest BCUT2D eigenvalue weighted by Gasteiger charge is -1.98. The minimum atomic E-state index is 0.940. The molecule has 1 aromatic heterocycles. The maximum Gasteiger partial charge on any atom is -0.0112 e. The van der Waals surface area contributed by atoms with Gasteiger partial charge in [-0.05, 0) is 34.7 Å². The van der Waals surface area contributed by atoms with Crippen LogP contribution in [0.1, 0.15) is 31.5 Å². The third-order valence-corrected chi connectivity index (χ3v) is 4.04. The Morgan fingerprint density at radius 3 is 2.86 bits per heavy atom. The largest absolute Gasteiger partial charge is 0.135 e. The van der Waals surface area contributed by atoms with Gasteiger partial charge in [0.15, 0.2) is 0 Å². The maximum atomic E-state index is 2.39. The molecule has 0 N–H and O–H groups in total. The summed E-state index contributed by atoms with van der Waals surface area (Å²) in [7, 11) is 0.940. The molecule has 0 aliphatic rings. The lowest BCUT2D eigenvalue weighted by molar-refractivity contribution is 0.724. The quantitative estimate of drug-likeness (QED) is 0.638. The van der Waals surface area contributed by atoms with E-state index in [0.29, 0.717) is 0 Å². The second-order valence-electron chi connectivity index (χ2n) is 3.81. The van der Waals surface area contributed by atoms with Gasteiger partial charge in [0.2, 0.25) is 0 Å². The Morgan fingerprint density at radius 2 is 2.00 bits per heavy atom. The van der Waals surface area contributed by atoms with Crippen LogP contribution in [0.2, 0.25) is 0 Å². The fourth-order valence-corrected chi connectivity index (χ4v) is 3.18. The number of rotatable bonds is 4. The Kier molecular flexibility index (Phi) is 3.26. The van der Waals surface area contributed by atoms with Crippen molar-refractivity contribution in [1.82, 2.24) is 0 Å². The molecule has 0 nitrogen and oxygen atoms in total. The first-order chi connectivity index (χ1) is 6.92. The zero-order chi connectivity index (χ0) is 9.80. The first kappa shape index (κ1) is 9.80. The van der Waals surface area contributed by atoms with E-state index >= 15 is 0 Å². The van der Waals surface area contributed by atoms with Crippen molar-refractivity contribution in [3.63, 3.8) is 0 Å². The Labute approximate surface area is 87.4 Å². The molecule has 0 radical (unpaired) electrons. The van der Waals surface area contributed by atoms with Gasteiger partial charge in [-0.2, -0.15) is 0 Å². The van der Waals surface area contributed by atoms with Gasteiger partial charge in [-0.25, -0.2) is 0 Å². The summed E-state index contributed by atoms with van der Waals surface area (Å²) in [5.74, 6) is 2.39. The summed E-state index contributed by atoms with van der Waals surface area (Å²) in [6.07, 6.45) is 5.36. The van der Waals surface area contributed by atoms with E-state index in [-0.39, 0.29) is 0 Å². The molecule has 14 heavy (non-hydrogen) atoms. The average Bonchev–Trinajstić information content (AvgIpc) is 2.63. The fourth-order valence-electron chi connectivity index (χ4n) is 1.90. The van der Waals surface area contributed by atoms with Crippen molar-refractivity contribution in [3.8, 4) is 0 Å². The summed E-state index contributed by atoms with van der Waals surface area (Å²) in [4.78, 5) is 0. The second-order valence-corrected chi connectivity index (χ2v) is 4.99. The predicted molar refractivity (Wildman–Crippen MR) is 66.7 cm³/mol. The monoisotopic (exact) mass is 204 g/mol. The number of hydrogen-bond donors (Lipinski definition) is 0. The highest BCUT2D eigenvalue weighted by molar-refractivity contribution is 7.31. The molecule has 1 heteroatoms. The smallest absolute Gasteiger partial charge is 0.0112 e. The summed E-state index contributed by atoms with van der Waals surface area (Å²) in [6.45, 7) is 2.27. The Balaban J connectivity index is 2.17. The molecule has 0 bridgehead atoms. The topological polar surface area (TPSA) is 0 Å². The maximum absolute atomic E-state index is 2.39. The van der Waals surface area contributed by atoms with Crippen molar-refractivity contribution in [3.05, 3.63) is 35.4 Å². The molecule has 1 aromatic carbocycles. The van der Waals surface area contributed by atoms with Gasteiger partial charge in [-0.15, -0.1) is 8.19 Å². The lowest BCUT2D eigenvalue weighted by atomic mass is 10.1. The van der Waals surface area contributed by atoms with Crippen molar-refractivity contribution in [2.24, 2.45) is 0 Å². The van der Waals surface area contributed by atoms with Gasteiger partial charge in [0.25, 0.3) is 0 Å². The number of hydrogen-bond acceptors (Lipinski definition) is 0. The van der Waals surface area contributed by atoms with Crippen LogP contribution < -0.4 is 0 Å². The normalized spacial score (nSPS) is 11.5. The molecule has 0 fully saturated rings. The molecule has 1 atom stereocenters. The summed E-state index contributed by atoms with van der Waals surface area (Å²) in [5, 5.41) is 4.65. The van der Waals surface area contributed by atoms with E-state index in [1.54, 1.807) is 5.30 Å². The molecule has 0 aliphatic heterocycles. The second kappa shape index (κ2) is 4.66. The molecule has 0 aliphatic carbocycles. The molecular weight excluding hydrogens is 187 g/mol. The van der Waals surface area contributed by atoms with Gasteiger partial charge < -0.3 is 0 Å². The predicted octanol–water partition coefficient (Wildman–Crippen LogP) is 4.60. The molecule has 0 spiro atoms. The minimum Gasteiger partial charge on any atom is -0.135 e. The van der Waals surface area contributed by atoms with E-state index in [0.717, 1.165) is 8.19 Å². The zero-order valence-corrected chi connectivity index (χ0v) is 9.72. The van der Waals surface area contributed by atoms with Crippen molar-refractivity contribution < 1.29 is 0 Å². The standard InChI is InChI=1S/C13H17P/c1-2-3-4-9-13-12-8-6-5-7-11(12)10-14-13/h5-8,10,14H,2-4,9H2,1H3. The van der Waals surface area contributed by atoms with Gasteiger partial charge in [0.05, 0.1) is 0 Å². The van der Waals surface area contributed by atoms with E-state index in [2.05, 4.69) is 37.0 Å². The van der Waals surface area contributed by atoms with Crippen LogP contribution in [0.15, 0.2) is 30.1 Å². The van der Waals surface area contributed by atoms with E-state index in [1.807, 2.05) is 0 Å². The van der Waals surface area contributed by atoms with Crippen LogP contribution in [-0.2, 0) is 6.42 Å². The molecule has 2 aromatic rings. The molecule has 0 saturated carbocycles. The SMILES string of the molecule is CCCCCc1[pH]cc2ccccc12. The molecule has 1 unspecified atom stereocenters. The number of fused-ring (bicyclic) bond motifs is 1. The highest BCUT2D eigenvalue weighted by atomic mass is 31.0. The Hall–Kier alpha value is -0.740. The van der Waals surface area contributed by atoms with Crippen LogP contribution in [0.3, 0.4) is 0 Å². The minimum absolute atomic E-state index is 0.940. The van der Waals surface area contributed by atoms with Gasteiger partial charge in [0.1, 0.15) is 0 Å². The van der Waals surface area contributed by atoms with Crippen molar-refractivity contribution in [1.29, 1.82) is 0 Å². The van der Waals surface area contributed by atoms with Crippen molar-refractivity contribution >= 4 is 19.0 Å². The summed E-state index contributed by atoms with van der Waals surface area (Å²) < 4.78 is 0. The van der Waals surface area contributed by atoms with Crippen LogP contribution in [0.5, 0.6) is 0 Å². The molecule has 2 rings (SSSR count). The first-order valence-corrected chi connectivity index (χ1v) is 6.54. The van der Waals surface area contributed by atoms with Crippen LogP contribution in [-0.4, -0.2) is 0 Å². The molecule has 1 heterocycles. The van der Waals surface area contributed by atoms with Crippen LogP contribution in [0.25, 0.3) is 10.8 Å². The highest BCUT2D eigenvalue weighted by Crippen LogP contribution is 2.30. The van der Waals surface area contributed by atoms with Crippen LogP contribution >= 0.6 is 8.19 Å². The van der Waals surface area contributed by atoms with Crippen molar-refractivity contribution in [2.45, 2.75) is 32.6 Å². The Bertz CT molecular complexity index is 400. The molecule has 0 amide bonds. The van der Waals surface area contributed by atoms with E-state index < -0.39 is 0 Å². The van der Waals surface area contributed by atoms with Crippen LogP contribution in [0, 0.1) is 0 Å². The Morgan fingerprint density at radius 1 is 1.14 bits per heavy atom. The average molecular weight is 204 g/mol. The van der Waals surface area contributed by atoms with Gasteiger partial charge in [-0.3, -0.25) is 0 Å². The summed E-state index contributed by atoms with van der Waals surface area (Å²) in [5.41, 5.74) is 0. The van der Waals surface area contributed by atoms with Crippen molar-refractivity contribution in [2.75, 3.05) is 0 Å². The number of benzene rings is 1. The van der Waals surface area contributed by atoms with Gasteiger partial charge >= 0.3 is 0 Å². The molecule has 0 saturated heterocycles. The highest BCUT2D eigenvalue weighted by Gasteiger charge is 2.00. The molecular formula is C13H17P. The van der Waals surface area contributed by atoms with E-state index in [4.69, 9.17) is 0 Å². The van der Waals surface area contributed by atoms with E-state index in [9.17, 15) is 0 Å². The van der Waals surface area contributed by atoms with Gasteiger partial charge in [-0.1, -0.05) is 44.0 Å². The summed E-state index contributed by atoms with van der Waals surface area (Å²) >= 11 is 0. The zero-order valence-electron chi connectivity index (χ0n) is 8.72. The fraction of sp³-hybridized carbons (Fsp3) is 0.385.